The Balaban J connectivity index is 1.73. The van der Waals surface area contributed by atoms with Crippen molar-refractivity contribution in [2.75, 3.05) is 4.72 Å². The van der Waals surface area contributed by atoms with E-state index in [2.05, 4.69) is 14.4 Å². The van der Waals surface area contributed by atoms with Crippen molar-refractivity contribution in [2.24, 2.45) is 7.05 Å². The number of nitrogens with one attached hydrogen (secondary N) is 1. The van der Waals surface area contributed by atoms with Gasteiger partial charge in [0, 0.05) is 30.7 Å². The molecular formula is C18H14F3N3O4S. The third-order valence-electron chi connectivity index (χ3n) is 3.79. The summed E-state index contributed by atoms with van der Waals surface area (Å²) in [6, 6.07) is 9.45. The Hall–Kier alpha value is -3.34. The number of aryl methyl sites for hydroxylation is 1. The molecule has 2 aromatic carbocycles. The molecule has 0 fully saturated rings. The van der Waals surface area contributed by atoms with Gasteiger partial charge in [0.1, 0.15) is 5.75 Å². The smallest absolute Gasteiger partial charge is 0.406 e. The lowest BCUT2D eigenvalue weighted by Crippen LogP contribution is -2.17. The molecule has 0 aliphatic heterocycles. The summed E-state index contributed by atoms with van der Waals surface area (Å²) in [6.07, 6.45) is -1.76. The molecule has 7 nitrogen and oxygen atoms in total. The molecule has 1 N–H and O–H groups in total. The van der Waals surface area contributed by atoms with Crippen LogP contribution in [0.5, 0.6) is 5.75 Å². The van der Waals surface area contributed by atoms with E-state index in [9.17, 15) is 26.4 Å². The Morgan fingerprint density at radius 3 is 2.21 bits per heavy atom. The zero-order valence-electron chi connectivity index (χ0n) is 14.8. The first-order chi connectivity index (χ1) is 13.5. The molecule has 11 heteroatoms. The topological polar surface area (TPSA) is 90.3 Å². The Bertz CT molecular complexity index is 1120. The van der Waals surface area contributed by atoms with Crippen molar-refractivity contribution >= 4 is 21.5 Å². The van der Waals surface area contributed by atoms with Crippen LogP contribution < -0.4 is 9.46 Å². The molecule has 0 aliphatic carbocycles. The number of alkyl halides is 3. The first kappa shape index (κ1) is 20.4. The predicted molar refractivity (Wildman–Crippen MR) is 97.0 cm³/mol. The number of hydrogen-bond acceptors (Lipinski definition) is 5. The number of imidazole rings is 1. The zero-order chi connectivity index (χ0) is 21.2. The summed E-state index contributed by atoms with van der Waals surface area (Å²) >= 11 is 0. The molecule has 1 aromatic heterocycles. The second-order valence-corrected chi connectivity index (χ2v) is 7.58. The summed E-state index contributed by atoms with van der Waals surface area (Å²) in [4.78, 5) is 16.1. The Labute approximate surface area is 163 Å². The lowest BCUT2D eigenvalue weighted by molar-refractivity contribution is -0.274. The van der Waals surface area contributed by atoms with Crippen LogP contribution in [-0.4, -0.2) is 30.1 Å². The fourth-order valence-electron chi connectivity index (χ4n) is 2.44. The van der Waals surface area contributed by atoms with Gasteiger partial charge in [0.2, 0.25) is 5.78 Å². The van der Waals surface area contributed by atoms with Crippen LogP contribution in [0.4, 0.5) is 18.9 Å². The Morgan fingerprint density at radius 2 is 1.69 bits per heavy atom. The molecule has 0 amide bonds. The Morgan fingerprint density at radius 1 is 1.07 bits per heavy atom. The summed E-state index contributed by atoms with van der Waals surface area (Å²) in [7, 11) is -2.37. The first-order valence-corrected chi connectivity index (χ1v) is 9.54. The molecule has 0 bridgehead atoms. The van der Waals surface area contributed by atoms with E-state index in [1.54, 1.807) is 17.8 Å². The van der Waals surface area contributed by atoms with E-state index in [-0.39, 0.29) is 22.2 Å². The molecule has 0 radical (unpaired) electrons. The van der Waals surface area contributed by atoms with Crippen LogP contribution in [-0.2, 0) is 17.1 Å². The summed E-state index contributed by atoms with van der Waals surface area (Å²) in [5.74, 6) is -0.625. The number of ketones is 1. The molecule has 29 heavy (non-hydrogen) atoms. The van der Waals surface area contributed by atoms with E-state index >= 15 is 0 Å². The lowest BCUT2D eigenvalue weighted by atomic mass is 10.1. The fraction of sp³-hybridized carbons (Fsp3) is 0.111. The van der Waals surface area contributed by atoms with Crippen LogP contribution in [0.15, 0.2) is 65.8 Å². The van der Waals surface area contributed by atoms with Gasteiger partial charge in [0.05, 0.1) is 4.90 Å². The molecule has 0 spiro atoms. The van der Waals surface area contributed by atoms with Gasteiger partial charge < -0.3 is 9.30 Å². The summed E-state index contributed by atoms with van der Waals surface area (Å²) in [5.41, 5.74) is 0.493. The van der Waals surface area contributed by atoms with Gasteiger partial charge in [0.25, 0.3) is 10.0 Å². The monoisotopic (exact) mass is 425 g/mol. The van der Waals surface area contributed by atoms with Gasteiger partial charge >= 0.3 is 6.36 Å². The van der Waals surface area contributed by atoms with Crippen molar-refractivity contribution in [3.05, 3.63) is 72.3 Å². The maximum absolute atomic E-state index is 12.4. The molecule has 3 aromatic rings. The third kappa shape index (κ3) is 4.93. The normalized spacial score (nSPS) is 11.9. The van der Waals surface area contributed by atoms with Crippen molar-refractivity contribution in [1.82, 2.24) is 9.55 Å². The summed E-state index contributed by atoms with van der Waals surface area (Å²) in [5, 5.41) is 0. The highest BCUT2D eigenvalue weighted by molar-refractivity contribution is 7.92. The highest BCUT2D eigenvalue weighted by atomic mass is 32.2. The van der Waals surface area contributed by atoms with Crippen molar-refractivity contribution in [2.45, 2.75) is 11.3 Å². The van der Waals surface area contributed by atoms with Crippen molar-refractivity contribution < 1.29 is 31.1 Å². The number of rotatable bonds is 6. The van der Waals surface area contributed by atoms with Crippen LogP contribution in [0, 0.1) is 0 Å². The SMILES string of the molecule is Cn1ccnc1C(=O)c1ccc(NS(=O)(=O)c2ccc(OC(F)(F)F)cc2)cc1. The number of halogens is 3. The second kappa shape index (κ2) is 7.59. The average Bonchev–Trinajstić information content (AvgIpc) is 3.06. The minimum absolute atomic E-state index is 0.178. The number of anilines is 1. The molecule has 0 unspecified atom stereocenters. The van der Waals surface area contributed by atoms with E-state index in [1.807, 2.05) is 0 Å². The molecule has 3 rings (SSSR count). The standard InChI is InChI=1S/C18H14F3N3O4S/c1-24-11-10-22-17(24)16(25)12-2-4-13(5-3-12)23-29(26,27)15-8-6-14(7-9-15)28-18(19,20)21/h2-11,23H,1H3. The lowest BCUT2D eigenvalue weighted by Gasteiger charge is -2.11. The molecule has 0 aliphatic rings. The maximum atomic E-state index is 12.4. The number of sulfonamides is 1. The number of nitrogens with zero attached hydrogens (tertiary/aromatic N) is 2. The summed E-state index contributed by atoms with van der Waals surface area (Å²) in [6.45, 7) is 0. The predicted octanol–water partition coefficient (Wildman–Crippen LogP) is 3.35. The van der Waals surface area contributed by atoms with E-state index in [0.29, 0.717) is 5.56 Å². The average molecular weight is 425 g/mol. The quantitative estimate of drug-likeness (QED) is 0.612. The molecule has 1 heterocycles. The van der Waals surface area contributed by atoms with Gasteiger partial charge in [-0.25, -0.2) is 13.4 Å². The van der Waals surface area contributed by atoms with Crippen molar-refractivity contribution in [3.63, 3.8) is 0 Å². The maximum Gasteiger partial charge on any atom is 0.573 e. The number of hydrogen-bond donors (Lipinski definition) is 1. The highest BCUT2D eigenvalue weighted by Gasteiger charge is 2.31. The van der Waals surface area contributed by atoms with Gasteiger partial charge in [-0.05, 0) is 48.5 Å². The first-order valence-electron chi connectivity index (χ1n) is 8.06. The van der Waals surface area contributed by atoms with Crippen LogP contribution in [0.25, 0.3) is 0 Å². The third-order valence-corrected chi connectivity index (χ3v) is 5.19. The van der Waals surface area contributed by atoms with Crippen molar-refractivity contribution in [1.29, 1.82) is 0 Å². The minimum atomic E-state index is -4.87. The van der Waals surface area contributed by atoms with Gasteiger partial charge in [-0.1, -0.05) is 0 Å². The van der Waals surface area contributed by atoms with E-state index in [1.165, 1.54) is 30.5 Å². The van der Waals surface area contributed by atoms with Gasteiger partial charge in [0.15, 0.2) is 5.82 Å². The number of carbonyl (C=O) groups excluding carboxylic acids is 1. The van der Waals surface area contributed by atoms with Crippen molar-refractivity contribution in [3.8, 4) is 5.75 Å². The van der Waals surface area contributed by atoms with E-state index < -0.39 is 22.1 Å². The van der Waals surface area contributed by atoms with Crippen LogP contribution in [0.3, 0.4) is 0 Å². The minimum Gasteiger partial charge on any atom is -0.406 e. The second-order valence-electron chi connectivity index (χ2n) is 5.89. The van der Waals surface area contributed by atoms with Gasteiger partial charge in [-0.3, -0.25) is 9.52 Å². The molecule has 0 atom stereocenters. The number of aromatic nitrogens is 2. The number of benzene rings is 2. The Kier molecular flexibility index (Phi) is 5.33. The number of ether oxygens (including phenoxy) is 1. The fourth-order valence-corrected chi connectivity index (χ4v) is 3.50. The van der Waals surface area contributed by atoms with Crippen LogP contribution >= 0.6 is 0 Å². The largest absolute Gasteiger partial charge is 0.573 e. The van der Waals surface area contributed by atoms with Crippen LogP contribution in [0.1, 0.15) is 16.2 Å². The molecule has 0 saturated heterocycles. The van der Waals surface area contributed by atoms with Gasteiger partial charge in [-0.2, -0.15) is 0 Å². The molecule has 0 saturated carbocycles. The van der Waals surface area contributed by atoms with Gasteiger partial charge in [-0.15, -0.1) is 13.2 Å². The zero-order valence-corrected chi connectivity index (χ0v) is 15.7. The number of carbonyl (C=O) groups is 1. The summed E-state index contributed by atoms with van der Waals surface area (Å²) < 4.78 is 68.9. The van der Waals surface area contributed by atoms with Crippen LogP contribution in [0.2, 0.25) is 0 Å². The molecule has 152 valence electrons. The molecular weight excluding hydrogens is 411 g/mol. The van der Waals surface area contributed by atoms with E-state index in [4.69, 9.17) is 0 Å². The highest BCUT2D eigenvalue weighted by Crippen LogP contribution is 2.25. The van der Waals surface area contributed by atoms with E-state index in [0.717, 1.165) is 24.3 Å².